The molecule has 6 aliphatic rings. The van der Waals surface area contributed by atoms with Gasteiger partial charge in [0.15, 0.2) is 0 Å². The standard InChI is InChI=1S/C22H32N4O4/c1-11(27)17(23)19(28)25-18(20(29)26-15-4-14(15)5-16(26)24-2)21-6-12-3-13(7-21)9-22(30,8-12)10-21/h11-18,27,30H,3-10,23H2,1H3,(H,25,28). The molecule has 0 aromatic rings. The van der Waals surface area contributed by atoms with Gasteiger partial charge in [-0.05, 0) is 69.6 Å². The minimum Gasteiger partial charge on any atom is -0.391 e. The zero-order valence-electron chi connectivity index (χ0n) is 17.5. The zero-order valence-corrected chi connectivity index (χ0v) is 17.5. The van der Waals surface area contributed by atoms with E-state index in [1.807, 2.05) is 0 Å². The third kappa shape index (κ3) is 3.05. The minimum atomic E-state index is -1.12. The van der Waals surface area contributed by atoms with E-state index in [-0.39, 0.29) is 11.9 Å². The fourth-order valence-electron chi connectivity index (χ4n) is 7.56. The predicted molar refractivity (Wildman–Crippen MR) is 107 cm³/mol. The summed E-state index contributed by atoms with van der Waals surface area (Å²) in [5.74, 6) is 0.370. The highest BCUT2D eigenvalue weighted by molar-refractivity contribution is 5.91. The molecule has 5 N–H and O–H groups in total. The predicted octanol–water partition coefficient (Wildman–Crippen LogP) is 0.377. The van der Waals surface area contributed by atoms with E-state index in [9.17, 15) is 19.8 Å². The Morgan fingerprint density at radius 2 is 1.87 bits per heavy atom. The number of carbonyl (C=O) groups excluding carboxylic acids is 2. The van der Waals surface area contributed by atoms with Gasteiger partial charge in [-0.3, -0.25) is 19.3 Å². The van der Waals surface area contributed by atoms with Gasteiger partial charge in [0, 0.05) is 17.9 Å². The molecule has 0 radical (unpaired) electrons. The van der Waals surface area contributed by atoms with Crippen LogP contribution < -0.4 is 11.1 Å². The number of fused-ring (bicyclic) bond motifs is 1. The molecule has 8 unspecified atom stereocenters. The van der Waals surface area contributed by atoms with Crippen molar-refractivity contribution < 1.29 is 19.8 Å². The molecular formula is C22H32N4O4. The van der Waals surface area contributed by atoms with Crippen LogP contribution in [0.25, 0.3) is 4.85 Å². The molecule has 0 aromatic heterocycles. The summed E-state index contributed by atoms with van der Waals surface area (Å²) < 4.78 is 0. The number of hydrogen-bond acceptors (Lipinski definition) is 5. The fraction of sp³-hybridized carbons (Fsp3) is 0.864. The smallest absolute Gasteiger partial charge is 0.301 e. The molecule has 164 valence electrons. The third-order valence-corrected chi connectivity index (χ3v) is 8.52. The van der Waals surface area contributed by atoms with Crippen LogP contribution in [0.5, 0.6) is 0 Å². The molecule has 8 heteroatoms. The first-order valence-electron chi connectivity index (χ1n) is 11.3. The molecule has 1 heterocycles. The highest BCUT2D eigenvalue weighted by Crippen LogP contribution is 2.63. The summed E-state index contributed by atoms with van der Waals surface area (Å²) >= 11 is 0. The molecule has 30 heavy (non-hydrogen) atoms. The summed E-state index contributed by atoms with van der Waals surface area (Å²) in [6.07, 6.45) is 4.85. The largest absolute Gasteiger partial charge is 0.391 e. The number of likely N-dealkylation sites (tertiary alicyclic amines) is 1. The number of hydrogen-bond donors (Lipinski definition) is 4. The topological polar surface area (TPSA) is 120 Å². The van der Waals surface area contributed by atoms with E-state index in [0.29, 0.717) is 30.6 Å². The average molecular weight is 417 g/mol. The maximum atomic E-state index is 13.9. The quantitative estimate of drug-likeness (QED) is 0.483. The lowest BCUT2D eigenvalue weighted by Crippen LogP contribution is -2.67. The van der Waals surface area contributed by atoms with Crippen LogP contribution >= 0.6 is 0 Å². The van der Waals surface area contributed by atoms with Crippen molar-refractivity contribution in [2.45, 2.75) is 94.3 Å². The van der Waals surface area contributed by atoms with Crippen molar-refractivity contribution in [3.63, 3.8) is 0 Å². The fourth-order valence-corrected chi connectivity index (χ4v) is 7.56. The van der Waals surface area contributed by atoms with E-state index in [2.05, 4.69) is 10.2 Å². The van der Waals surface area contributed by atoms with Crippen molar-refractivity contribution in [1.82, 2.24) is 10.2 Å². The molecule has 0 spiro atoms. The second-order valence-corrected chi connectivity index (χ2v) is 10.9. The Hall–Kier alpha value is -1.69. The molecule has 1 saturated heterocycles. The van der Waals surface area contributed by atoms with Gasteiger partial charge in [-0.1, -0.05) is 0 Å². The van der Waals surface area contributed by atoms with E-state index in [1.165, 1.54) is 6.92 Å². The van der Waals surface area contributed by atoms with Crippen LogP contribution in [0.2, 0.25) is 0 Å². The molecule has 4 bridgehead atoms. The van der Waals surface area contributed by atoms with E-state index >= 15 is 0 Å². The zero-order chi connectivity index (χ0) is 21.4. The summed E-state index contributed by atoms with van der Waals surface area (Å²) in [5, 5.41) is 23.9. The normalized spacial score (nSPS) is 46.0. The lowest BCUT2D eigenvalue weighted by Gasteiger charge is -2.62. The van der Waals surface area contributed by atoms with E-state index in [1.54, 1.807) is 4.90 Å². The van der Waals surface area contributed by atoms with Gasteiger partial charge in [-0.2, -0.15) is 0 Å². The minimum absolute atomic E-state index is 0.0958. The molecule has 8 atom stereocenters. The van der Waals surface area contributed by atoms with Crippen LogP contribution in [0.1, 0.15) is 58.3 Å². The van der Waals surface area contributed by atoms with Gasteiger partial charge < -0.3 is 21.3 Å². The Bertz CT molecular complexity index is 793. The van der Waals surface area contributed by atoms with Crippen molar-refractivity contribution in [3.05, 3.63) is 11.4 Å². The van der Waals surface area contributed by atoms with Crippen LogP contribution in [0, 0.1) is 29.7 Å². The molecule has 8 nitrogen and oxygen atoms in total. The number of nitrogens with one attached hydrogen (secondary N) is 1. The summed E-state index contributed by atoms with van der Waals surface area (Å²) in [7, 11) is 0. The maximum Gasteiger partial charge on any atom is 0.301 e. The molecule has 6 rings (SSSR count). The van der Waals surface area contributed by atoms with Crippen LogP contribution in [0.15, 0.2) is 0 Å². The van der Waals surface area contributed by atoms with Crippen LogP contribution in [-0.4, -0.2) is 62.9 Å². The van der Waals surface area contributed by atoms with Gasteiger partial charge in [-0.25, -0.2) is 6.57 Å². The van der Waals surface area contributed by atoms with Crippen molar-refractivity contribution >= 4 is 11.8 Å². The van der Waals surface area contributed by atoms with Gasteiger partial charge in [0.2, 0.25) is 5.91 Å². The van der Waals surface area contributed by atoms with Gasteiger partial charge in [0.25, 0.3) is 5.91 Å². The van der Waals surface area contributed by atoms with Gasteiger partial charge in [0.1, 0.15) is 12.1 Å². The monoisotopic (exact) mass is 416 g/mol. The van der Waals surface area contributed by atoms with Crippen LogP contribution in [0.3, 0.4) is 0 Å². The number of nitrogens with zero attached hydrogens (tertiary/aromatic N) is 2. The average Bonchev–Trinajstić information content (AvgIpc) is 3.32. The molecule has 5 aliphatic carbocycles. The molecule has 5 saturated carbocycles. The Kier molecular flexibility index (Phi) is 4.48. The van der Waals surface area contributed by atoms with Crippen molar-refractivity contribution in [2.75, 3.05) is 0 Å². The summed E-state index contributed by atoms with van der Waals surface area (Å²) in [4.78, 5) is 32.1. The number of nitrogens with two attached hydrogens (primary N) is 1. The number of piperidine rings is 1. The first-order valence-corrected chi connectivity index (χ1v) is 11.3. The second kappa shape index (κ2) is 6.65. The second-order valence-electron chi connectivity index (χ2n) is 10.9. The van der Waals surface area contributed by atoms with Crippen LogP contribution in [-0.2, 0) is 9.59 Å². The third-order valence-electron chi connectivity index (χ3n) is 8.52. The highest BCUT2D eigenvalue weighted by atomic mass is 16.3. The number of aliphatic hydroxyl groups excluding tert-OH is 1. The SMILES string of the molecule is [C-]#[N+]C1CC2CC2N1C(=O)C(NC(=O)C(N)C(C)O)C12CC3CC(CC(O)(C3)C1)C2. The first kappa shape index (κ1) is 20.2. The number of amides is 2. The number of aliphatic hydroxyl groups is 2. The number of rotatable bonds is 5. The summed E-state index contributed by atoms with van der Waals surface area (Å²) in [6, 6.07) is -1.84. The Balaban J connectivity index is 1.48. The molecular weight excluding hydrogens is 384 g/mol. The highest BCUT2D eigenvalue weighted by Gasteiger charge is 2.65. The Labute approximate surface area is 177 Å². The van der Waals surface area contributed by atoms with Gasteiger partial charge in [-0.15, -0.1) is 0 Å². The molecule has 2 amide bonds. The van der Waals surface area contributed by atoms with Crippen molar-refractivity contribution in [1.29, 1.82) is 0 Å². The van der Waals surface area contributed by atoms with Gasteiger partial charge >= 0.3 is 6.17 Å². The molecule has 0 aromatic carbocycles. The van der Waals surface area contributed by atoms with E-state index in [0.717, 1.165) is 38.5 Å². The lowest BCUT2D eigenvalue weighted by atomic mass is 9.46. The summed E-state index contributed by atoms with van der Waals surface area (Å²) in [5.41, 5.74) is 4.60. The Morgan fingerprint density at radius 3 is 2.43 bits per heavy atom. The van der Waals surface area contributed by atoms with E-state index in [4.69, 9.17) is 12.3 Å². The number of carbonyl (C=O) groups is 2. The maximum absolute atomic E-state index is 13.9. The van der Waals surface area contributed by atoms with E-state index < -0.39 is 41.3 Å². The van der Waals surface area contributed by atoms with Gasteiger partial charge in [0.05, 0.1) is 11.7 Å². The lowest BCUT2D eigenvalue weighted by molar-refractivity contribution is -0.182. The van der Waals surface area contributed by atoms with Crippen LogP contribution in [0.4, 0.5) is 0 Å². The van der Waals surface area contributed by atoms with Crippen molar-refractivity contribution in [2.24, 2.45) is 28.9 Å². The first-order chi connectivity index (χ1) is 14.1. The Morgan fingerprint density at radius 1 is 1.20 bits per heavy atom. The molecule has 6 fully saturated rings. The summed E-state index contributed by atoms with van der Waals surface area (Å²) in [6.45, 7) is 9.00. The molecule has 1 aliphatic heterocycles. The van der Waals surface area contributed by atoms with Crippen molar-refractivity contribution in [3.8, 4) is 0 Å².